The second-order valence-corrected chi connectivity index (χ2v) is 6.95. The number of hydrogen-bond acceptors (Lipinski definition) is 3. The summed E-state index contributed by atoms with van der Waals surface area (Å²) in [6, 6.07) is 22.4. The summed E-state index contributed by atoms with van der Waals surface area (Å²) in [5, 5.41) is 3.41. The summed E-state index contributed by atoms with van der Waals surface area (Å²) >= 11 is 3.65. The molecule has 0 amide bonds. The Morgan fingerprint density at radius 3 is 2.46 bits per heavy atom. The number of para-hydroxylation sites is 1. The number of nitrogens with one attached hydrogen (secondary N) is 1. The van der Waals surface area contributed by atoms with E-state index in [1.807, 2.05) is 48.5 Å². The highest BCUT2D eigenvalue weighted by molar-refractivity contribution is 9.10. The summed E-state index contributed by atoms with van der Waals surface area (Å²) in [7, 11) is 1.66. The highest BCUT2D eigenvalue weighted by atomic mass is 79.9. The second-order valence-electron chi connectivity index (χ2n) is 6.09. The number of aryl methyl sites for hydroxylation is 1. The van der Waals surface area contributed by atoms with Crippen LogP contribution in [0.4, 0.5) is 5.69 Å². The van der Waals surface area contributed by atoms with Crippen molar-refractivity contribution in [3.05, 3.63) is 87.9 Å². The fourth-order valence-electron chi connectivity index (χ4n) is 2.70. The maximum absolute atomic E-state index is 5.99. The first kappa shape index (κ1) is 18.3. The minimum Gasteiger partial charge on any atom is -0.493 e. The second kappa shape index (κ2) is 8.77. The van der Waals surface area contributed by atoms with Crippen molar-refractivity contribution in [1.82, 2.24) is 0 Å². The number of anilines is 1. The molecule has 3 aromatic carbocycles. The number of benzene rings is 3. The summed E-state index contributed by atoms with van der Waals surface area (Å²) in [6.45, 7) is 3.28. The number of halogens is 1. The molecule has 1 N–H and O–H groups in total. The van der Waals surface area contributed by atoms with Crippen molar-refractivity contribution in [3.8, 4) is 11.5 Å². The van der Waals surface area contributed by atoms with Gasteiger partial charge in [-0.2, -0.15) is 0 Å². The van der Waals surface area contributed by atoms with Crippen molar-refractivity contribution in [2.24, 2.45) is 0 Å². The number of methoxy groups -OCH3 is 1. The highest BCUT2D eigenvalue weighted by Gasteiger charge is 2.11. The molecule has 0 saturated heterocycles. The molecule has 4 heteroatoms. The molecular formula is C22H22BrNO2. The van der Waals surface area contributed by atoms with Gasteiger partial charge >= 0.3 is 0 Å². The van der Waals surface area contributed by atoms with Crippen molar-refractivity contribution in [2.75, 3.05) is 12.4 Å². The van der Waals surface area contributed by atoms with E-state index in [9.17, 15) is 0 Å². The molecule has 3 aromatic rings. The molecule has 0 unspecified atom stereocenters. The minimum atomic E-state index is 0.506. The standard InChI is InChI=1S/C22H22BrNO2/c1-16-7-6-8-17(11-16)15-26-22-13-20(23)18(12-21(22)25-2)14-24-19-9-4-3-5-10-19/h3-13,24H,14-15H2,1-2H3. The topological polar surface area (TPSA) is 30.5 Å². The molecule has 0 atom stereocenters. The van der Waals surface area contributed by atoms with Crippen LogP contribution in [0.5, 0.6) is 11.5 Å². The lowest BCUT2D eigenvalue weighted by Crippen LogP contribution is -2.03. The van der Waals surface area contributed by atoms with Gasteiger partial charge in [0.15, 0.2) is 11.5 Å². The summed E-state index contributed by atoms with van der Waals surface area (Å²) < 4.78 is 12.5. The molecule has 3 nitrogen and oxygen atoms in total. The number of hydrogen-bond donors (Lipinski definition) is 1. The van der Waals surface area contributed by atoms with E-state index in [2.05, 4.69) is 46.4 Å². The lowest BCUT2D eigenvalue weighted by atomic mass is 10.1. The van der Waals surface area contributed by atoms with Crippen molar-refractivity contribution in [2.45, 2.75) is 20.1 Å². The maximum Gasteiger partial charge on any atom is 0.162 e. The van der Waals surface area contributed by atoms with Crippen molar-refractivity contribution < 1.29 is 9.47 Å². The summed E-state index contributed by atoms with van der Waals surface area (Å²) in [5.74, 6) is 1.45. The Balaban J connectivity index is 1.72. The quantitative estimate of drug-likeness (QED) is 0.520. The fourth-order valence-corrected chi connectivity index (χ4v) is 3.16. The molecule has 0 radical (unpaired) electrons. The minimum absolute atomic E-state index is 0.506. The van der Waals surface area contributed by atoms with E-state index < -0.39 is 0 Å². The van der Waals surface area contributed by atoms with Crippen molar-refractivity contribution >= 4 is 21.6 Å². The van der Waals surface area contributed by atoms with Gasteiger partial charge < -0.3 is 14.8 Å². The van der Waals surface area contributed by atoms with Gasteiger partial charge in [-0.25, -0.2) is 0 Å². The van der Waals surface area contributed by atoms with Crippen LogP contribution in [-0.4, -0.2) is 7.11 Å². The smallest absolute Gasteiger partial charge is 0.162 e. The van der Waals surface area contributed by atoms with Gasteiger partial charge in [-0.15, -0.1) is 0 Å². The molecule has 0 fully saturated rings. The Bertz CT molecular complexity index is 865. The Morgan fingerprint density at radius 2 is 1.73 bits per heavy atom. The van der Waals surface area contributed by atoms with Crippen molar-refractivity contribution in [1.29, 1.82) is 0 Å². The van der Waals surface area contributed by atoms with Gasteiger partial charge in [0.05, 0.1) is 7.11 Å². The van der Waals surface area contributed by atoms with Gasteiger partial charge in [0.2, 0.25) is 0 Å². The third-order valence-corrected chi connectivity index (χ3v) is 4.80. The van der Waals surface area contributed by atoms with E-state index in [-0.39, 0.29) is 0 Å². The van der Waals surface area contributed by atoms with Crippen LogP contribution in [0, 0.1) is 6.92 Å². The summed E-state index contributed by atoms with van der Waals surface area (Å²) in [4.78, 5) is 0. The molecule has 0 heterocycles. The Hall–Kier alpha value is -2.46. The Labute approximate surface area is 163 Å². The lowest BCUT2D eigenvalue weighted by molar-refractivity contribution is 0.284. The average molecular weight is 412 g/mol. The number of ether oxygens (including phenoxy) is 2. The highest BCUT2D eigenvalue weighted by Crippen LogP contribution is 2.34. The van der Waals surface area contributed by atoms with Gasteiger partial charge in [0.25, 0.3) is 0 Å². The van der Waals surface area contributed by atoms with Gasteiger partial charge in [0.1, 0.15) is 6.61 Å². The largest absolute Gasteiger partial charge is 0.493 e. The van der Waals surface area contributed by atoms with E-state index in [1.54, 1.807) is 7.11 Å². The molecule has 26 heavy (non-hydrogen) atoms. The van der Waals surface area contributed by atoms with Gasteiger partial charge in [-0.05, 0) is 42.3 Å². The average Bonchev–Trinajstić information content (AvgIpc) is 2.66. The summed E-state index contributed by atoms with van der Waals surface area (Å²) in [5.41, 5.74) is 4.55. The van der Waals surface area contributed by atoms with Crippen LogP contribution in [0.3, 0.4) is 0 Å². The first-order valence-electron chi connectivity index (χ1n) is 8.49. The van der Waals surface area contributed by atoms with Crippen LogP contribution in [0.2, 0.25) is 0 Å². The molecule has 0 aliphatic heterocycles. The monoisotopic (exact) mass is 411 g/mol. The predicted octanol–water partition coefficient (Wildman–Crippen LogP) is 5.96. The molecule has 0 aliphatic carbocycles. The zero-order valence-corrected chi connectivity index (χ0v) is 16.5. The summed E-state index contributed by atoms with van der Waals surface area (Å²) in [6.07, 6.45) is 0. The SMILES string of the molecule is COc1cc(CNc2ccccc2)c(Br)cc1OCc1cccc(C)c1. The van der Waals surface area contributed by atoms with Crippen LogP contribution in [0.1, 0.15) is 16.7 Å². The maximum atomic E-state index is 5.99. The Kier molecular flexibility index (Phi) is 6.18. The van der Waals surface area contributed by atoms with E-state index in [4.69, 9.17) is 9.47 Å². The predicted molar refractivity (Wildman–Crippen MR) is 110 cm³/mol. The van der Waals surface area contributed by atoms with Crippen molar-refractivity contribution in [3.63, 3.8) is 0 Å². The fraction of sp³-hybridized carbons (Fsp3) is 0.182. The van der Waals surface area contributed by atoms with Gasteiger partial charge in [0, 0.05) is 16.7 Å². The lowest BCUT2D eigenvalue weighted by Gasteiger charge is -2.15. The van der Waals surface area contributed by atoms with Crippen LogP contribution < -0.4 is 14.8 Å². The first-order chi connectivity index (χ1) is 12.7. The molecule has 0 saturated carbocycles. The molecule has 0 bridgehead atoms. The number of rotatable bonds is 7. The van der Waals surface area contributed by atoms with E-state index in [0.29, 0.717) is 13.2 Å². The van der Waals surface area contributed by atoms with Gasteiger partial charge in [-0.3, -0.25) is 0 Å². The normalized spacial score (nSPS) is 10.4. The van der Waals surface area contributed by atoms with E-state index >= 15 is 0 Å². The van der Waals surface area contributed by atoms with Crippen LogP contribution >= 0.6 is 15.9 Å². The van der Waals surface area contributed by atoms with Crippen LogP contribution in [-0.2, 0) is 13.2 Å². The Morgan fingerprint density at radius 1 is 0.923 bits per heavy atom. The molecule has 3 rings (SSSR count). The molecule has 0 aliphatic rings. The third-order valence-electron chi connectivity index (χ3n) is 4.07. The van der Waals surface area contributed by atoms with Gasteiger partial charge in [-0.1, -0.05) is 64.0 Å². The van der Waals surface area contributed by atoms with E-state index in [0.717, 1.165) is 32.8 Å². The third kappa shape index (κ3) is 4.79. The molecule has 0 spiro atoms. The zero-order chi connectivity index (χ0) is 18.4. The molecule has 134 valence electrons. The molecule has 0 aromatic heterocycles. The molecular weight excluding hydrogens is 390 g/mol. The van der Waals surface area contributed by atoms with E-state index in [1.165, 1.54) is 5.56 Å². The zero-order valence-electron chi connectivity index (χ0n) is 15.0. The first-order valence-corrected chi connectivity index (χ1v) is 9.28. The van der Waals surface area contributed by atoms with Crippen LogP contribution in [0.15, 0.2) is 71.2 Å². The van der Waals surface area contributed by atoms with Crippen LogP contribution in [0.25, 0.3) is 0 Å².